The van der Waals surface area contributed by atoms with Crippen LogP contribution in [0.3, 0.4) is 0 Å². The first kappa shape index (κ1) is 11.4. The van der Waals surface area contributed by atoms with E-state index in [4.69, 9.17) is 23.8 Å². The molecule has 18 heavy (non-hydrogen) atoms. The zero-order chi connectivity index (χ0) is 12.5. The Morgan fingerprint density at radius 3 is 2.50 bits per heavy atom. The minimum atomic E-state index is 0.621. The van der Waals surface area contributed by atoms with Gasteiger partial charge in [0.05, 0.1) is 5.52 Å². The molecule has 0 saturated heterocycles. The lowest BCUT2D eigenvalue weighted by atomic mass is 10.2. The van der Waals surface area contributed by atoms with Crippen LogP contribution in [0.25, 0.3) is 16.6 Å². The van der Waals surface area contributed by atoms with E-state index in [1.54, 1.807) is 6.33 Å². The number of rotatable bonds is 1. The Hall–Kier alpha value is -1.71. The van der Waals surface area contributed by atoms with Gasteiger partial charge >= 0.3 is 0 Å². The number of hydrogen-bond acceptors (Lipinski definition) is 2. The van der Waals surface area contributed by atoms with Gasteiger partial charge in [0.15, 0.2) is 0 Å². The third-order valence-corrected chi connectivity index (χ3v) is 3.37. The fourth-order valence-corrected chi connectivity index (χ4v) is 2.26. The number of benzene rings is 2. The van der Waals surface area contributed by atoms with Crippen molar-refractivity contribution >= 4 is 34.7 Å². The molecule has 2 nitrogen and oxygen atoms in total. The summed E-state index contributed by atoms with van der Waals surface area (Å²) < 4.78 is 2.62. The highest BCUT2D eigenvalue weighted by Crippen LogP contribution is 2.19. The van der Waals surface area contributed by atoms with Gasteiger partial charge in [0.25, 0.3) is 0 Å². The van der Waals surface area contributed by atoms with Crippen molar-refractivity contribution in [3.05, 3.63) is 64.5 Å². The lowest BCUT2D eigenvalue weighted by Gasteiger charge is -2.10. The first-order chi connectivity index (χ1) is 8.75. The van der Waals surface area contributed by atoms with Crippen LogP contribution in [0.4, 0.5) is 0 Å². The zero-order valence-electron chi connectivity index (χ0n) is 9.38. The van der Waals surface area contributed by atoms with E-state index in [0.717, 1.165) is 21.6 Å². The number of nitrogens with zero attached hydrogens (tertiary/aromatic N) is 2. The maximum atomic E-state index is 5.90. The summed E-state index contributed by atoms with van der Waals surface area (Å²) in [7, 11) is 0. The molecule has 0 amide bonds. The maximum Gasteiger partial charge on any atom is 0.137 e. The monoisotopic (exact) mass is 272 g/mol. The molecule has 0 saturated carbocycles. The second kappa shape index (κ2) is 4.52. The lowest BCUT2D eigenvalue weighted by Crippen LogP contribution is -1.98. The minimum absolute atomic E-state index is 0.621. The quantitative estimate of drug-likeness (QED) is 0.611. The van der Waals surface area contributed by atoms with Crippen LogP contribution in [0.1, 0.15) is 0 Å². The van der Waals surface area contributed by atoms with Crippen LogP contribution >= 0.6 is 23.8 Å². The van der Waals surface area contributed by atoms with Crippen molar-refractivity contribution in [3.8, 4) is 5.69 Å². The molecule has 0 atom stereocenters. The molecule has 1 heterocycles. The third kappa shape index (κ3) is 1.92. The van der Waals surface area contributed by atoms with E-state index in [1.807, 2.05) is 53.1 Å². The van der Waals surface area contributed by atoms with Gasteiger partial charge in [-0.25, -0.2) is 4.98 Å². The number of aromatic nitrogens is 2. The lowest BCUT2D eigenvalue weighted by molar-refractivity contribution is 1.03. The number of hydrogen-bond donors (Lipinski definition) is 0. The van der Waals surface area contributed by atoms with E-state index in [0.29, 0.717) is 4.64 Å². The first-order valence-corrected chi connectivity index (χ1v) is 6.27. The molecule has 2 aromatic carbocycles. The Morgan fingerprint density at radius 1 is 1.00 bits per heavy atom. The number of fused-ring (bicyclic) bond motifs is 1. The Bertz CT molecular complexity index is 763. The average Bonchev–Trinajstić information content (AvgIpc) is 2.41. The van der Waals surface area contributed by atoms with Gasteiger partial charge in [0, 0.05) is 16.1 Å². The summed E-state index contributed by atoms with van der Waals surface area (Å²) in [4.78, 5) is 4.25. The highest BCUT2D eigenvalue weighted by Gasteiger charge is 2.02. The van der Waals surface area contributed by atoms with Gasteiger partial charge in [0.1, 0.15) is 11.0 Å². The van der Waals surface area contributed by atoms with E-state index in [-0.39, 0.29) is 0 Å². The molecule has 88 valence electrons. The molecule has 0 aliphatic heterocycles. The van der Waals surface area contributed by atoms with E-state index in [2.05, 4.69) is 4.98 Å². The zero-order valence-corrected chi connectivity index (χ0v) is 10.9. The maximum absolute atomic E-state index is 5.90. The van der Waals surface area contributed by atoms with Crippen molar-refractivity contribution < 1.29 is 0 Å². The molecule has 0 N–H and O–H groups in total. The molecular formula is C14H9ClN2S. The predicted molar refractivity (Wildman–Crippen MR) is 76.9 cm³/mol. The summed E-state index contributed by atoms with van der Waals surface area (Å²) in [5.41, 5.74) is 2.05. The van der Waals surface area contributed by atoms with Gasteiger partial charge in [-0.3, -0.25) is 0 Å². The second-order valence-electron chi connectivity index (χ2n) is 3.91. The molecule has 1 aromatic heterocycles. The normalized spacial score (nSPS) is 10.7. The molecule has 0 radical (unpaired) electrons. The molecule has 0 bridgehead atoms. The molecular weight excluding hydrogens is 264 g/mol. The second-order valence-corrected chi connectivity index (χ2v) is 4.74. The van der Waals surface area contributed by atoms with Crippen LogP contribution in [-0.4, -0.2) is 9.55 Å². The largest absolute Gasteiger partial charge is 0.300 e. The van der Waals surface area contributed by atoms with Gasteiger partial charge < -0.3 is 4.57 Å². The van der Waals surface area contributed by atoms with Gasteiger partial charge in [0.2, 0.25) is 0 Å². The molecule has 3 rings (SSSR count). The molecule has 0 spiro atoms. The van der Waals surface area contributed by atoms with E-state index in [1.165, 1.54) is 0 Å². The van der Waals surface area contributed by atoms with Crippen molar-refractivity contribution in [2.24, 2.45) is 0 Å². The summed E-state index contributed by atoms with van der Waals surface area (Å²) in [6.07, 6.45) is 1.74. The van der Waals surface area contributed by atoms with Crippen molar-refractivity contribution in [2.45, 2.75) is 0 Å². The summed E-state index contributed by atoms with van der Waals surface area (Å²) in [6.45, 7) is 0. The van der Waals surface area contributed by atoms with Crippen molar-refractivity contribution in [1.29, 1.82) is 0 Å². The molecule has 4 heteroatoms. The van der Waals surface area contributed by atoms with Gasteiger partial charge in [-0.15, -0.1) is 0 Å². The summed E-state index contributed by atoms with van der Waals surface area (Å²) in [5, 5.41) is 1.70. The first-order valence-electron chi connectivity index (χ1n) is 5.48. The summed E-state index contributed by atoms with van der Waals surface area (Å²) >= 11 is 11.1. The van der Waals surface area contributed by atoms with Crippen LogP contribution < -0.4 is 0 Å². The summed E-state index contributed by atoms with van der Waals surface area (Å²) in [6, 6.07) is 15.6. The number of para-hydroxylation sites is 1. The van der Waals surface area contributed by atoms with Crippen LogP contribution in [0, 0.1) is 4.64 Å². The number of halogens is 1. The van der Waals surface area contributed by atoms with Gasteiger partial charge in [-0.05, 0) is 36.4 Å². The average molecular weight is 273 g/mol. The Balaban J connectivity index is 2.33. The topological polar surface area (TPSA) is 17.8 Å². The fourth-order valence-electron chi connectivity index (χ4n) is 1.91. The van der Waals surface area contributed by atoms with E-state index >= 15 is 0 Å². The van der Waals surface area contributed by atoms with Crippen LogP contribution in [-0.2, 0) is 0 Å². The van der Waals surface area contributed by atoms with Crippen LogP contribution in [0.15, 0.2) is 54.9 Å². The van der Waals surface area contributed by atoms with Crippen molar-refractivity contribution in [3.63, 3.8) is 0 Å². The fraction of sp³-hybridized carbons (Fsp3) is 0. The minimum Gasteiger partial charge on any atom is -0.300 e. The van der Waals surface area contributed by atoms with Crippen molar-refractivity contribution in [1.82, 2.24) is 9.55 Å². The molecule has 3 aromatic rings. The SMILES string of the molecule is S=c1ncn(-c2ccc(Cl)cc2)c2ccccc12. The smallest absolute Gasteiger partial charge is 0.137 e. The molecule has 0 unspecified atom stereocenters. The van der Waals surface area contributed by atoms with Gasteiger partial charge in [-0.1, -0.05) is 36.0 Å². The molecule has 0 fully saturated rings. The van der Waals surface area contributed by atoms with E-state index in [9.17, 15) is 0 Å². The molecule has 0 aliphatic rings. The van der Waals surface area contributed by atoms with E-state index < -0.39 is 0 Å². The van der Waals surface area contributed by atoms with Crippen LogP contribution in [0.2, 0.25) is 5.02 Å². The van der Waals surface area contributed by atoms with Crippen LogP contribution in [0.5, 0.6) is 0 Å². The van der Waals surface area contributed by atoms with Gasteiger partial charge in [-0.2, -0.15) is 0 Å². The summed E-state index contributed by atoms with van der Waals surface area (Å²) in [5.74, 6) is 0. The Kier molecular flexibility index (Phi) is 2.86. The molecule has 0 aliphatic carbocycles. The highest BCUT2D eigenvalue weighted by molar-refractivity contribution is 7.71. The third-order valence-electron chi connectivity index (χ3n) is 2.79. The Morgan fingerprint density at radius 2 is 1.72 bits per heavy atom. The standard InChI is InChI=1S/C14H9ClN2S/c15-10-5-7-11(8-6-10)17-9-16-14(18)12-3-1-2-4-13(12)17/h1-9H. The van der Waals surface area contributed by atoms with Crippen molar-refractivity contribution in [2.75, 3.05) is 0 Å². The highest BCUT2D eigenvalue weighted by atomic mass is 35.5. The predicted octanol–water partition coefficient (Wildman–Crippen LogP) is 4.41. The Labute approximate surface area is 114 Å².